The molecule has 2 N–H and O–H groups in total. The SMILES string of the molecule is CC(CC(=O)O)NS(=O)(=O)c1cc(Br)ccc1Br. The Morgan fingerprint density at radius 3 is 2.61 bits per heavy atom. The second-order valence-corrected chi connectivity index (χ2v) is 7.15. The van der Waals surface area contributed by atoms with E-state index in [1.807, 2.05) is 0 Å². The summed E-state index contributed by atoms with van der Waals surface area (Å²) in [5.74, 6) is -1.06. The van der Waals surface area contributed by atoms with Crippen molar-refractivity contribution in [2.75, 3.05) is 0 Å². The van der Waals surface area contributed by atoms with Crippen molar-refractivity contribution in [2.24, 2.45) is 0 Å². The van der Waals surface area contributed by atoms with Crippen LogP contribution in [0.15, 0.2) is 32.0 Å². The van der Waals surface area contributed by atoms with E-state index < -0.39 is 22.0 Å². The summed E-state index contributed by atoms with van der Waals surface area (Å²) in [4.78, 5) is 10.6. The van der Waals surface area contributed by atoms with Gasteiger partial charge in [0.2, 0.25) is 10.0 Å². The van der Waals surface area contributed by atoms with E-state index in [4.69, 9.17) is 5.11 Å². The molecule has 0 saturated carbocycles. The highest BCUT2D eigenvalue weighted by Crippen LogP contribution is 2.25. The monoisotopic (exact) mass is 399 g/mol. The van der Waals surface area contributed by atoms with Crippen molar-refractivity contribution < 1.29 is 18.3 Å². The van der Waals surface area contributed by atoms with Gasteiger partial charge in [-0.15, -0.1) is 0 Å². The molecule has 0 radical (unpaired) electrons. The maximum atomic E-state index is 12.0. The number of hydrogen-bond acceptors (Lipinski definition) is 3. The highest BCUT2D eigenvalue weighted by Gasteiger charge is 2.21. The molecule has 18 heavy (non-hydrogen) atoms. The molecule has 1 unspecified atom stereocenters. The highest BCUT2D eigenvalue weighted by molar-refractivity contribution is 9.11. The second kappa shape index (κ2) is 6.14. The number of sulfonamides is 1. The molecule has 5 nitrogen and oxygen atoms in total. The molecule has 0 heterocycles. The van der Waals surface area contributed by atoms with Crippen LogP contribution in [0.2, 0.25) is 0 Å². The Hall–Kier alpha value is -0.440. The molecule has 0 aliphatic rings. The second-order valence-electron chi connectivity index (χ2n) is 3.69. The zero-order valence-electron chi connectivity index (χ0n) is 9.35. The normalized spacial score (nSPS) is 13.3. The first-order valence-electron chi connectivity index (χ1n) is 4.91. The third-order valence-corrected chi connectivity index (χ3v) is 5.10. The molecule has 0 fully saturated rings. The third kappa shape index (κ3) is 4.34. The molecular formula is C10H11Br2NO4S. The van der Waals surface area contributed by atoms with Gasteiger partial charge in [-0.05, 0) is 41.1 Å². The average Bonchev–Trinajstić information content (AvgIpc) is 2.19. The fourth-order valence-corrected chi connectivity index (χ4v) is 4.06. The minimum Gasteiger partial charge on any atom is -0.481 e. The van der Waals surface area contributed by atoms with Gasteiger partial charge in [0.25, 0.3) is 0 Å². The summed E-state index contributed by atoms with van der Waals surface area (Å²) in [6.45, 7) is 1.50. The standard InChI is InChI=1S/C10H11Br2NO4S/c1-6(4-10(14)15)13-18(16,17)9-5-7(11)2-3-8(9)12/h2-3,5-6,13H,4H2,1H3,(H,14,15). The predicted molar refractivity (Wildman–Crippen MR) is 73.9 cm³/mol. The zero-order chi connectivity index (χ0) is 13.9. The van der Waals surface area contributed by atoms with Crippen molar-refractivity contribution >= 4 is 47.9 Å². The summed E-state index contributed by atoms with van der Waals surface area (Å²) in [6, 6.07) is 4.06. The first-order valence-corrected chi connectivity index (χ1v) is 7.98. The van der Waals surface area contributed by atoms with E-state index in [0.29, 0.717) is 8.95 Å². The number of nitrogens with one attached hydrogen (secondary N) is 1. The number of carbonyl (C=O) groups is 1. The van der Waals surface area contributed by atoms with E-state index in [2.05, 4.69) is 36.6 Å². The van der Waals surface area contributed by atoms with Crippen molar-refractivity contribution in [3.63, 3.8) is 0 Å². The van der Waals surface area contributed by atoms with Crippen LogP contribution in [0, 0.1) is 0 Å². The quantitative estimate of drug-likeness (QED) is 0.794. The maximum absolute atomic E-state index is 12.0. The summed E-state index contributed by atoms with van der Waals surface area (Å²) < 4.78 is 27.4. The van der Waals surface area contributed by atoms with Crippen LogP contribution in [-0.2, 0) is 14.8 Å². The number of halogens is 2. The summed E-state index contributed by atoms with van der Waals surface area (Å²) in [5.41, 5.74) is 0. The Bertz CT molecular complexity index is 559. The van der Waals surface area contributed by atoms with Crippen molar-refractivity contribution in [3.05, 3.63) is 27.1 Å². The minimum atomic E-state index is -3.75. The first-order chi connectivity index (χ1) is 8.22. The maximum Gasteiger partial charge on any atom is 0.304 e. The predicted octanol–water partition coefficient (Wildman–Crippen LogP) is 2.35. The molecule has 0 spiro atoms. The first kappa shape index (κ1) is 15.6. The van der Waals surface area contributed by atoms with Gasteiger partial charge in [0.05, 0.1) is 11.3 Å². The van der Waals surface area contributed by atoms with Gasteiger partial charge in [-0.25, -0.2) is 13.1 Å². The molecule has 0 aliphatic carbocycles. The van der Waals surface area contributed by atoms with Gasteiger partial charge in [-0.2, -0.15) is 0 Å². The molecule has 100 valence electrons. The lowest BCUT2D eigenvalue weighted by Crippen LogP contribution is -2.34. The van der Waals surface area contributed by atoms with Crippen LogP contribution in [0.4, 0.5) is 0 Å². The van der Waals surface area contributed by atoms with E-state index in [1.165, 1.54) is 13.0 Å². The van der Waals surface area contributed by atoms with Crippen LogP contribution >= 0.6 is 31.9 Å². The van der Waals surface area contributed by atoms with Crippen molar-refractivity contribution in [1.29, 1.82) is 0 Å². The number of carboxylic acids is 1. The molecular weight excluding hydrogens is 390 g/mol. The van der Waals surface area contributed by atoms with Crippen LogP contribution in [0.5, 0.6) is 0 Å². The summed E-state index contributed by atoms with van der Waals surface area (Å²) in [5, 5.41) is 8.60. The van der Waals surface area contributed by atoms with Gasteiger partial charge < -0.3 is 5.11 Å². The van der Waals surface area contributed by atoms with Gasteiger partial charge in [0.1, 0.15) is 0 Å². The number of benzene rings is 1. The lowest BCUT2D eigenvalue weighted by atomic mass is 10.3. The lowest BCUT2D eigenvalue weighted by molar-refractivity contribution is -0.137. The summed E-state index contributed by atoms with van der Waals surface area (Å²) in [6.07, 6.45) is -0.273. The molecule has 1 rings (SSSR count). The third-order valence-electron chi connectivity index (χ3n) is 2.02. The summed E-state index contributed by atoms with van der Waals surface area (Å²) in [7, 11) is -3.75. The van der Waals surface area contributed by atoms with Crippen molar-refractivity contribution in [2.45, 2.75) is 24.3 Å². The molecule has 0 amide bonds. The van der Waals surface area contributed by atoms with Crippen LogP contribution in [-0.4, -0.2) is 25.5 Å². The van der Waals surface area contributed by atoms with E-state index >= 15 is 0 Å². The Balaban J connectivity index is 2.99. The Kier molecular flexibility index (Phi) is 5.32. The smallest absolute Gasteiger partial charge is 0.304 e. The Morgan fingerprint density at radius 2 is 2.06 bits per heavy atom. The van der Waals surface area contributed by atoms with Crippen LogP contribution in [0.1, 0.15) is 13.3 Å². The molecule has 0 bridgehead atoms. The minimum absolute atomic E-state index is 0.0640. The largest absolute Gasteiger partial charge is 0.481 e. The Morgan fingerprint density at radius 1 is 1.44 bits per heavy atom. The van der Waals surface area contributed by atoms with Crippen molar-refractivity contribution in [1.82, 2.24) is 4.72 Å². The summed E-state index contributed by atoms with van der Waals surface area (Å²) >= 11 is 6.34. The number of hydrogen-bond donors (Lipinski definition) is 2. The molecule has 0 saturated heterocycles. The molecule has 1 aromatic carbocycles. The fraction of sp³-hybridized carbons (Fsp3) is 0.300. The molecule has 1 aromatic rings. The molecule has 8 heteroatoms. The Labute approximate surface area is 122 Å². The van der Waals surface area contributed by atoms with Crippen LogP contribution in [0.25, 0.3) is 0 Å². The molecule has 1 atom stereocenters. The van der Waals surface area contributed by atoms with Gasteiger partial charge in [0.15, 0.2) is 0 Å². The number of rotatable bonds is 5. The molecule has 0 aromatic heterocycles. The van der Waals surface area contributed by atoms with Gasteiger partial charge in [-0.1, -0.05) is 15.9 Å². The van der Waals surface area contributed by atoms with E-state index in [1.54, 1.807) is 12.1 Å². The fourth-order valence-electron chi connectivity index (χ4n) is 1.32. The van der Waals surface area contributed by atoms with E-state index in [-0.39, 0.29) is 11.3 Å². The van der Waals surface area contributed by atoms with E-state index in [0.717, 1.165) is 0 Å². The molecule has 0 aliphatic heterocycles. The van der Waals surface area contributed by atoms with Crippen molar-refractivity contribution in [3.8, 4) is 0 Å². The van der Waals surface area contributed by atoms with Gasteiger partial charge in [-0.3, -0.25) is 4.79 Å². The number of aliphatic carboxylic acids is 1. The lowest BCUT2D eigenvalue weighted by Gasteiger charge is -2.13. The van der Waals surface area contributed by atoms with E-state index in [9.17, 15) is 13.2 Å². The number of carboxylic acid groups (broad SMARTS) is 1. The van der Waals surface area contributed by atoms with Crippen LogP contribution in [0.3, 0.4) is 0 Å². The average molecular weight is 401 g/mol. The topological polar surface area (TPSA) is 83.5 Å². The van der Waals surface area contributed by atoms with Gasteiger partial charge in [0, 0.05) is 15.0 Å². The highest BCUT2D eigenvalue weighted by atomic mass is 79.9. The van der Waals surface area contributed by atoms with Crippen LogP contribution < -0.4 is 4.72 Å². The van der Waals surface area contributed by atoms with Gasteiger partial charge >= 0.3 is 5.97 Å². The zero-order valence-corrected chi connectivity index (χ0v) is 13.3.